The molecule has 1 aromatic carbocycles. The van der Waals surface area contributed by atoms with Gasteiger partial charge in [-0.2, -0.15) is 0 Å². The highest BCUT2D eigenvalue weighted by molar-refractivity contribution is 8.00. The molecule has 2 N–H and O–H groups in total. The van der Waals surface area contributed by atoms with Gasteiger partial charge in [0, 0.05) is 16.2 Å². The van der Waals surface area contributed by atoms with Gasteiger partial charge in [-0.05, 0) is 37.3 Å². The summed E-state index contributed by atoms with van der Waals surface area (Å²) < 4.78 is 0. The van der Waals surface area contributed by atoms with Crippen LogP contribution in [0.25, 0.3) is 0 Å². The molecule has 0 saturated heterocycles. The first-order valence-corrected chi connectivity index (χ1v) is 7.67. The van der Waals surface area contributed by atoms with Crippen LogP contribution in [-0.2, 0) is 6.42 Å². The molecule has 1 atom stereocenters. The lowest BCUT2D eigenvalue weighted by Crippen LogP contribution is -2.21. The van der Waals surface area contributed by atoms with Crippen molar-refractivity contribution >= 4 is 11.8 Å². The fraction of sp³-hybridized carbons (Fsp3) is 0.600. The molecule has 1 nitrogen and oxygen atoms in total. The molecular weight excluding hydrogens is 226 g/mol. The summed E-state index contributed by atoms with van der Waals surface area (Å²) in [4.78, 5) is 1.46. The molecule has 1 saturated carbocycles. The van der Waals surface area contributed by atoms with Crippen molar-refractivity contribution < 1.29 is 0 Å². The van der Waals surface area contributed by atoms with Crippen molar-refractivity contribution in [2.75, 3.05) is 0 Å². The van der Waals surface area contributed by atoms with Crippen LogP contribution in [0.4, 0.5) is 0 Å². The van der Waals surface area contributed by atoms with Crippen molar-refractivity contribution in [3.8, 4) is 0 Å². The smallest absolute Gasteiger partial charge is 0.0107 e. The van der Waals surface area contributed by atoms with Crippen LogP contribution in [0.2, 0.25) is 0 Å². The van der Waals surface area contributed by atoms with E-state index in [0.717, 1.165) is 18.1 Å². The Morgan fingerprint density at radius 1 is 1.29 bits per heavy atom. The largest absolute Gasteiger partial charge is 0.327 e. The van der Waals surface area contributed by atoms with E-state index in [4.69, 9.17) is 5.73 Å². The molecule has 1 fully saturated rings. The van der Waals surface area contributed by atoms with Crippen LogP contribution in [-0.4, -0.2) is 11.3 Å². The SMILES string of the molecule is CCC(N)Cc1ccccc1SC1CCCC1. The fourth-order valence-electron chi connectivity index (χ4n) is 2.40. The molecule has 0 radical (unpaired) electrons. The van der Waals surface area contributed by atoms with E-state index in [1.807, 2.05) is 0 Å². The molecule has 1 aromatic rings. The summed E-state index contributed by atoms with van der Waals surface area (Å²) in [6, 6.07) is 9.10. The lowest BCUT2D eigenvalue weighted by atomic mass is 10.1. The van der Waals surface area contributed by atoms with E-state index in [1.54, 1.807) is 0 Å². The molecule has 1 aliphatic carbocycles. The van der Waals surface area contributed by atoms with E-state index >= 15 is 0 Å². The molecule has 0 amide bonds. The van der Waals surface area contributed by atoms with Crippen LogP contribution in [0.15, 0.2) is 29.2 Å². The van der Waals surface area contributed by atoms with Crippen LogP contribution < -0.4 is 5.73 Å². The molecule has 2 rings (SSSR count). The molecular formula is C15H23NS. The summed E-state index contributed by atoms with van der Waals surface area (Å²) in [5, 5.41) is 0.842. The number of hydrogen-bond donors (Lipinski definition) is 1. The molecule has 1 aliphatic rings. The number of benzene rings is 1. The summed E-state index contributed by atoms with van der Waals surface area (Å²) in [7, 11) is 0. The Morgan fingerprint density at radius 2 is 2.00 bits per heavy atom. The summed E-state index contributed by atoms with van der Waals surface area (Å²) in [5.74, 6) is 0. The summed E-state index contributed by atoms with van der Waals surface area (Å²) >= 11 is 2.07. The van der Waals surface area contributed by atoms with Gasteiger partial charge in [-0.25, -0.2) is 0 Å². The van der Waals surface area contributed by atoms with E-state index in [0.29, 0.717) is 6.04 Å². The van der Waals surface area contributed by atoms with Crippen LogP contribution in [0.1, 0.15) is 44.6 Å². The van der Waals surface area contributed by atoms with E-state index in [9.17, 15) is 0 Å². The Morgan fingerprint density at radius 3 is 2.71 bits per heavy atom. The highest BCUT2D eigenvalue weighted by Gasteiger charge is 2.17. The van der Waals surface area contributed by atoms with Crippen molar-refractivity contribution in [3.63, 3.8) is 0 Å². The second-order valence-electron chi connectivity index (χ2n) is 5.00. The van der Waals surface area contributed by atoms with Gasteiger partial charge < -0.3 is 5.73 Å². The lowest BCUT2D eigenvalue weighted by Gasteiger charge is -2.15. The van der Waals surface area contributed by atoms with Gasteiger partial charge in [0.15, 0.2) is 0 Å². The topological polar surface area (TPSA) is 26.0 Å². The standard InChI is InChI=1S/C15H23NS/c1-2-13(16)11-12-7-3-6-10-15(12)17-14-8-4-5-9-14/h3,6-7,10,13-14H,2,4-5,8-9,11,16H2,1H3. The summed E-state index contributed by atoms with van der Waals surface area (Å²) in [5.41, 5.74) is 7.52. The average molecular weight is 249 g/mol. The summed E-state index contributed by atoms with van der Waals surface area (Å²) in [6.07, 6.45) is 7.68. The first-order chi connectivity index (χ1) is 8.29. The molecule has 0 aliphatic heterocycles. The molecule has 17 heavy (non-hydrogen) atoms. The van der Waals surface area contributed by atoms with Crippen LogP contribution in [0.5, 0.6) is 0 Å². The van der Waals surface area contributed by atoms with Crippen molar-refractivity contribution in [1.82, 2.24) is 0 Å². The van der Waals surface area contributed by atoms with Gasteiger partial charge in [0.25, 0.3) is 0 Å². The predicted octanol–water partition coefficient (Wildman–Crippen LogP) is 4.00. The second-order valence-corrected chi connectivity index (χ2v) is 6.35. The van der Waals surface area contributed by atoms with Gasteiger partial charge >= 0.3 is 0 Å². The maximum atomic E-state index is 6.07. The number of thioether (sulfide) groups is 1. The Hall–Kier alpha value is -0.470. The van der Waals surface area contributed by atoms with Gasteiger partial charge in [-0.1, -0.05) is 38.0 Å². The molecule has 1 unspecified atom stereocenters. The molecule has 0 spiro atoms. The zero-order valence-electron chi connectivity index (χ0n) is 10.7. The van der Waals surface area contributed by atoms with E-state index < -0.39 is 0 Å². The first-order valence-electron chi connectivity index (χ1n) is 6.79. The second kappa shape index (κ2) is 6.46. The summed E-state index contributed by atoms with van der Waals surface area (Å²) in [6.45, 7) is 2.16. The van der Waals surface area contributed by atoms with Gasteiger partial charge in [-0.3, -0.25) is 0 Å². The van der Waals surface area contributed by atoms with Gasteiger partial charge in [0.05, 0.1) is 0 Å². The zero-order valence-corrected chi connectivity index (χ0v) is 11.5. The molecule has 0 heterocycles. The van der Waals surface area contributed by atoms with E-state index in [-0.39, 0.29) is 0 Å². The minimum absolute atomic E-state index is 0.306. The number of nitrogens with two attached hydrogens (primary N) is 1. The van der Waals surface area contributed by atoms with Crippen LogP contribution in [0.3, 0.4) is 0 Å². The average Bonchev–Trinajstić information content (AvgIpc) is 2.84. The minimum Gasteiger partial charge on any atom is -0.327 e. The normalized spacial score (nSPS) is 18.5. The Balaban J connectivity index is 2.04. The van der Waals surface area contributed by atoms with Crippen molar-refractivity contribution in [1.29, 1.82) is 0 Å². The van der Waals surface area contributed by atoms with Crippen LogP contribution in [0, 0.1) is 0 Å². The fourth-order valence-corrected chi connectivity index (χ4v) is 3.79. The predicted molar refractivity (Wildman–Crippen MR) is 76.5 cm³/mol. The quantitative estimate of drug-likeness (QED) is 0.853. The monoisotopic (exact) mass is 249 g/mol. The van der Waals surface area contributed by atoms with Gasteiger partial charge in [0.2, 0.25) is 0 Å². The molecule has 2 heteroatoms. The zero-order chi connectivity index (χ0) is 12.1. The molecule has 94 valence electrons. The molecule has 0 bridgehead atoms. The highest BCUT2D eigenvalue weighted by atomic mass is 32.2. The number of rotatable bonds is 5. The van der Waals surface area contributed by atoms with Gasteiger partial charge in [-0.15, -0.1) is 11.8 Å². The van der Waals surface area contributed by atoms with Crippen LogP contribution >= 0.6 is 11.8 Å². The highest BCUT2D eigenvalue weighted by Crippen LogP contribution is 2.36. The van der Waals surface area contributed by atoms with E-state index in [2.05, 4.69) is 43.0 Å². The van der Waals surface area contributed by atoms with Crippen molar-refractivity contribution in [2.45, 2.75) is 61.6 Å². The Bertz CT molecular complexity index is 345. The maximum absolute atomic E-state index is 6.07. The minimum atomic E-state index is 0.306. The molecule has 0 aromatic heterocycles. The first kappa shape index (κ1) is 13.0. The lowest BCUT2D eigenvalue weighted by molar-refractivity contribution is 0.641. The van der Waals surface area contributed by atoms with E-state index in [1.165, 1.54) is 36.1 Å². The maximum Gasteiger partial charge on any atom is 0.0107 e. The third kappa shape index (κ3) is 3.75. The number of hydrogen-bond acceptors (Lipinski definition) is 2. The third-order valence-electron chi connectivity index (χ3n) is 3.57. The Labute approximate surface area is 109 Å². The third-order valence-corrected chi connectivity index (χ3v) is 5.03. The van der Waals surface area contributed by atoms with Crippen molar-refractivity contribution in [2.24, 2.45) is 5.73 Å². The van der Waals surface area contributed by atoms with Gasteiger partial charge in [0.1, 0.15) is 0 Å². The Kier molecular flexibility index (Phi) is 4.93. The van der Waals surface area contributed by atoms with Crippen molar-refractivity contribution in [3.05, 3.63) is 29.8 Å².